The maximum atomic E-state index is 13.9. The van der Waals surface area contributed by atoms with Crippen LogP contribution in [-0.4, -0.2) is 66.3 Å². The highest BCUT2D eigenvalue weighted by molar-refractivity contribution is 6.34. The van der Waals surface area contributed by atoms with Gasteiger partial charge in [0, 0.05) is 48.4 Å². The molecule has 1 saturated heterocycles. The number of carbonyl (C=O) groups is 3. The summed E-state index contributed by atoms with van der Waals surface area (Å²) in [7, 11) is 0. The van der Waals surface area contributed by atoms with Gasteiger partial charge in [0.15, 0.2) is 5.78 Å². The Hall–Kier alpha value is -4.47. The first-order valence-electron chi connectivity index (χ1n) is 17.9. The molecule has 52 heavy (non-hydrogen) atoms. The van der Waals surface area contributed by atoms with Crippen LogP contribution in [0.2, 0.25) is 10.0 Å². The van der Waals surface area contributed by atoms with Crippen LogP contribution in [0.1, 0.15) is 64.4 Å². The second-order valence-electron chi connectivity index (χ2n) is 13.7. The van der Waals surface area contributed by atoms with Crippen LogP contribution in [0.15, 0.2) is 72.8 Å². The van der Waals surface area contributed by atoms with E-state index in [1.807, 2.05) is 12.1 Å². The molecule has 4 aromatic carbocycles. The van der Waals surface area contributed by atoms with Crippen LogP contribution in [0.4, 0.5) is 5.69 Å². The average molecular weight is 738 g/mol. The standard InChI is InChI=1S/C42H42Cl2N4O4/c1-26(49)48-22-21-47(40(45)25-48)20-2-3-23-52-29-14-19-39(44)37(24-29)42(51)46-28-12-10-27(11-13-28)41(50)36-8-4-6-30-32-17-18-35-31(7-5-9-38(35)43)33(32)15-16-34(30)36/h5,7,9-16,18-19,24,40H,2-4,6,8,17,20-23,25,45H2,1H3,(H,46,51). The van der Waals surface area contributed by atoms with E-state index in [0.717, 1.165) is 77.9 Å². The molecule has 3 aliphatic rings. The summed E-state index contributed by atoms with van der Waals surface area (Å²) >= 11 is 12.9. The van der Waals surface area contributed by atoms with Crippen molar-refractivity contribution in [3.05, 3.63) is 126 Å². The average Bonchev–Trinajstić information content (AvgIpc) is 3.15. The summed E-state index contributed by atoms with van der Waals surface area (Å²) in [6.07, 6.45) is 7.11. The highest BCUT2D eigenvalue weighted by atomic mass is 35.5. The molecule has 268 valence electrons. The number of nitrogens with two attached hydrogens (primary N) is 1. The van der Waals surface area contributed by atoms with Gasteiger partial charge in [-0.3, -0.25) is 19.3 Å². The monoisotopic (exact) mass is 736 g/mol. The lowest BCUT2D eigenvalue weighted by atomic mass is 9.84. The van der Waals surface area contributed by atoms with Gasteiger partial charge in [-0.15, -0.1) is 0 Å². The summed E-state index contributed by atoms with van der Waals surface area (Å²) in [6, 6.07) is 22.3. The molecule has 10 heteroatoms. The summed E-state index contributed by atoms with van der Waals surface area (Å²) in [5, 5.41) is 8.44. The summed E-state index contributed by atoms with van der Waals surface area (Å²) < 4.78 is 5.95. The Bertz CT molecular complexity index is 2270. The van der Waals surface area contributed by atoms with Crippen LogP contribution in [-0.2, 0) is 17.6 Å². The molecule has 0 aromatic heterocycles. The zero-order valence-corrected chi connectivity index (χ0v) is 30.7. The summed E-state index contributed by atoms with van der Waals surface area (Å²) in [6.45, 7) is 4.88. The Morgan fingerprint density at radius 3 is 2.48 bits per heavy atom. The number of ether oxygens (including phenoxy) is 1. The molecule has 3 N–H and O–H groups in total. The fourth-order valence-corrected chi connectivity index (χ4v) is 8.06. The van der Waals surface area contributed by atoms with Crippen LogP contribution >= 0.6 is 23.2 Å². The highest BCUT2D eigenvalue weighted by Gasteiger charge is 2.25. The molecule has 1 aliphatic heterocycles. The van der Waals surface area contributed by atoms with Crippen molar-refractivity contribution in [2.75, 3.05) is 38.1 Å². The van der Waals surface area contributed by atoms with E-state index in [2.05, 4.69) is 34.5 Å². The Kier molecular flexibility index (Phi) is 10.8. The first kappa shape index (κ1) is 35.9. The van der Waals surface area contributed by atoms with Crippen LogP contribution in [0.25, 0.3) is 11.6 Å². The van der Waals surface area contributed by atoms with Crippen molar-refractivity contribution in [1.29, 1.82) is 0 Å². The second-order valence-corrected chi connectivity index (χ2v) is 14.5. The van der Waals surface area contributed by atoms with Crippen molar-refractivity contribution in [3.63, 3.8) is 0 Å². The van der Waals surface area contributed by atoms with Crippen molar-refractivity contribution < 1.29 is 19.1 Å². The Morgan fingerprint density at radius 1 is 0.885 bits per heavy atom. The number of nitrogens with zero attached hydrogens (tertiary/aromatic N) is 2. The molecule has 1 unspecified atom stereocenters. The minimum absolute atomic E-state index is 0.00769. The van der Waals surface area contributed by atoms with E-state index < -0.39 is 0 Å². The van der Waals surface area contributed by atoms with Gasteiger partial charge in [-0.25, -0.2) is 0 Å². The topological polar surface area (TPSA) is 105 Å². The second kappa shape index (κ2) is 15.6. The quantitative estimate of drug-likeness (QED) is 0.157. The SMILES string of the molecule is CC(=O)N1CCN(CCCCOc2ccc(Cl)c(C(=O)Nc3ccc(C(=O)C4=c5ccc6c(c5CCC4)CC=c4c(Cl)cccc4=6)cc3)c2)C(N)C1. The molecular weight excluding hydrogens is 695 g/mol. The first-order valence-corrected chi connectivity index (χ1v) is 18.7. The largest absolute Gasteiger partial charge is 0.494 e. The maximum Gasteiger partial charge on any atom is 0.257 e. The fraction of sp³-hybridized carbons (Fsp3) is 0.310. The minimum atomic E-state index is -0.367. The normalized spacial score (nSPS) is 16.7. The summed E-state index contributed by atoms with van der Waals surface area (Å²) in [4.78, 5) is 42.7. The molecule has 2 aliphatic carbocycles. The molecule has 1 heterocycles. The predicted molar refractivity (Wildman–Crippen MR) is 206 cm³/mol. The van der Waals surface area contributed by atoms with Crippen LogP contribution < -0.4 is 26.2 Å². The van der Waals surface area contributed by atoms with Gasteiger partial charge < -0.3 is 20.7 Å². The zero-order chi connectivity index (χ0) is 36.4. The number of ketones is 1. The molecule has 0 bridgehead atoms. The number of fused-ring (bicyclic) bond motifs is 4. The van der Waals surface area contributed by atoms with Gasteiger partial charge >= 0.3 is 0 Å². The van der Waals surface area contributed by atoms with Crippen LogP contribution in [0.5, 0.6) is 5.75 Å². The van der Waals surface area contributed by atoms with E-state index in [4.69, 9.17) is 33.7 Å². The molecule has 7 rings (SSSR count). The van der Waals surface area contributed by atoms with E-state index in [1.165, 1.54) is 16.3 Å². The smallest absolute Gasteiger partial charge is 0.257 e. The summed E-state index contributed by atoms with van der Waals surface area (Å²) in [5.74, 6) is 0.252. The van der Waals surface area contributed by atoms with E-state index in [9.17, 15) is 14.4 Å². The molecular formula is C42H42Cl2N4O4. The maximum absolute atomic E-state index is 13.9. The zero-order valence-electron chi connectivity index (χ0n) is 29.2. The number of unbranched alkanes of at least 4 members (excludes halogenated alkanes) is 1. The van der Waals surface area contributed by atoms with Crippen molar-refractivity contribution in [2.45, 2.75) is 51.6 Å². The molecule has 0 radical (unpaired) electrons. The minimum Gasteiger partial charge on any atom is -0.494 e. The molecule has 0 spiro atoms. The van der Waals surface area contributed by atoms with Crippen LogP contribution in [0.3, 0.4) is 0 Å². The lowest BCUT2D eigenvalue weighted by Gasteiger charge is -2.39. The van der Waals surface area contributed by atoms with Gasteiger partial charge in [0.05, 0.1) is 23.4 Å². The number of hydrogen-bond donors (Lipinski definition) is 2. The molecule has 1 fully saturated rings. The molecule has 8 nitrogen and oxygen atoms in total. The predicted octanol–water partition coefficient (Wildman–Crippen LogP) is 5.85. The van der Waals surface area contributed by atoms with Gasteiger partial charge in [0.1, 0.15) is 5.75 Å². The van der Waals surface area contributed by atoms with Gasteiger partial charge in [-0.2, -0.15) is 0 Å². The van der Waals surface area contributed by atoms with Crippen molar-refractivity contribution in [2.24, 2.45) is 5.73 Å². The number of hydrogen-bond acceptors (Lipinski definition) is 6. The molecule has 1 atom stereocenters. The number of carbonyl (C=O) groups excluding carboxylic acids is 3. The lowest BCUT2D eigenvalue weighted by molar-refractivity contribution is -0.131. The van der Waals surface area contributed by atoms with E-state index >= 15 is 0 Å². The number of amides is 2. The van der Waals surface area contributed by atoms with Crippen molar-refractivity contribution >= 4 is 58.1 Å². The van der Waals surface area contributed by atoms with Gasteiger partial charge in [0.2, 0.25) is 5.91 Å². The third kappa shape index (κ3) is 7.53. The third-order valence-electron chi connectivity index (χ3n) is 10.4. The van der Waals surface area contributed by atoms with Gasteiger partial charge in [0.25, 0.3) is 5.91 Å². The number of piperazine rings is 1. The number of benzene rings is 4. The summed E-state index contributed by atoms with van der Waals surface area (Å²) in [5.41, 5.74) is 11.1. The number of Topliss-reactive ketones (excluding diaryl/α,β-unsaturated/α-hetero) is 1. The van der Waals surface area contributed by atoms with Crippen LogP contribution in [0, 0.1) is 10.4 Å². The van der Waals surface area contributed by atoms with Crippen molar-refractivity contribution in [3.8, 4) is 5.75 Å². The number of anilines is 1. The van der Waals surface area contributed by atoms with Gasteiger partial charge in [-0.05, 0) is 126 Å². The lowest BCUT2D eigenvalue weighted by Crippen LogP contribution is -2.58. The van der Waals surface area contributed by atoms with E-state index in [0.29, 0.717) is 47.3 Å². The Balaban J connectivity index is 0.980. The molecule has 0 saturated carbocycles. The number of rotatable bonds is 10. The number of halogens is 2. The van der Waals surface area contributed by atoms with Gasteiger partial charge in [-0.1, -0.05) is 53.5 Å². The highest BCUT2D eigenvalue weighted by Crippen LogP contribution is 2.26. The fourth-order valence-electron chi connectivity index (χ4n) is 7.61. The van der Waals surface area contributed by atoms with Crippen molar-refractivity contribution in [1.82, 2.24) is 9.80 Å². The Morgan fingerprint density at radius 2 is 1.69 bits per heavy atom. The first-order chi connectivity index (χ1) is 25.2. The third-order valence-corrected chi connectivity index (χ3v) is 11.1. The molecule has 2 amide bonds. The van der Waals surface area contributed by atoms with E-state index in [-0.39, 0.29) is 23.8 Å². The Labute approximate surface area is 313 Å². The van der Waals surface area contributed by atoms with E-state index in [1.54, 1.807) is 54.3 Å². The number of nitrogens with one attached hydrogen (secondary N) is 1. The molecule has 4 aromatic rings.